The van der Waals surface area contributed by atoms with Crippen LogP contribution in [0.4, 0.5) is 0 Å². The van der Waals surface area contributed by atoms with Crippen molar-refractivity contribution in [3.8, 4) is 17.2 Å². The van der Waals surface area contributed by atoms with Gasteiger partial charge >= 0.3 is 0 Å². The third-order valence-corrected chi connectivity index (χ3v) is 7.68. The molecular formula is C29H29N5O3S. The molecule has 1 fully saturated rings. The minimum atomic E-state index is -0.416. The number of thioether (sulfide) groups is 1. The average molecular weight is 528 g/mol. The number of hydrogen-bond donors (Lipinski definition) is 0. The highest BCUT2D eigenvalue weighted by atomic mass is 32.2. The first-order chi connectivity index (χ1) is 18.7. The highest BCUT2D eigenvalue weighted by molar-refractivity contribution is 7.99. The number of fused-ring (bicyclic) bond motifs is 1. The largest absolute Gasteiger partial charge is 0.485 e. The molecule has 0 bridgehead atoms. The van der Waals surface area contributed by atoms with Crippen LogP contribution < -0.4 is 9.47 Å². The van der Waals surface area contributed by atoms with Crippen molar-refractivity contribution in [3.63, 3.8) is 0 Å². The van der Waals surface area contributed by atoms with E-state index >= 15 is 0 Å². The van der Waals surface area contributed by atoms with Gasteiger partial charge in [0.15, 0.2) is 28.6 Å². The van der Waals surface area contributed by atoms with Gasteiger partial charge in [-0.1, -0.05) is 72.4 Å². The van der Waals surface area contributed by atoms with Gasteiger partial charge in [-0.15, -0.1) is 10.2 Å². The van der Waals surface area contributed by atoms with Gasteiger partial charge in [-0.25, -0.2) is 0 Å². The number of nitrogens with zero attached hydrogens (tertiary/aromatic N) is 5. The molecule has 1 atom stereocenters. The lowest BCUT2D eigenvalue weighted by Gasteiger charge is -2.34. The first-order valence-corrected chi connectivity index (χ1v) is 13.8. The molecule has 1 amide bonds. The van der Waals surface area contributed by atoms with Crippen LogP contribution in [0.25, 0.3) is 5.69 Å². The lowest BCUT2D eigenvalue weighted by Crippen LogP contribution is -2.48. The summed E-state index contributed by atoms with van der Waals surface area (Å²) in [6.45, 7) is 4.45. The molecular weight excluding hydrogens is 498 g/mol. The van der Waals surface area contributed by atoms with Gasteiger partial charge in [0, 0.05) is 38.4 Å². The molecule has 1 saturated heterocycles. The Hall–Kier alpha value is -3.82. The molecule has 6 rings (SSSR count). The van der Waals surface area contributed by atoms with Crippen LogP contribution in [0.15, 0.2) is 90.1 Å². The Morgan fingerprint density at radius 3 is 2.29 bits per heavy atom. The number of ether oxygens (including phenoxy) is 2. The average Bonchev–Trinajstić information content (AvgIpc) is 3.41. The van der Waals surface area contributed by atoms with Crippen LogP contribution in [0, 0.1) is 0 Å². The molecule has 0 N–H and O–H groups in total. The van der Waals surface area contributed by atoms with Crippen molar-refractivity contribution in [1.82, 2.24) is 24.6 Å². The Labute approximate surface area is 226 Å². The predicted octanol–water partition coefficient (Wildman–Crippen LogP) is 4.22. The summed E-state index contributed by atoms with van der Waals surface area (Å²) in [5.41, 5.74) is 2.22. The molecule has 4 aromatic rings. The van der Waals surface area contributed by atoms with Crippen molar-refractivity contribution in [2.75, 3.05) is 38.5 Å². The molecule has 0 saturated carbocycles. The van der Waals surface area contributed by atoms with Crippen molar-refractivity contribution in [2.24, 2.45) is 0 Å². The lowest BCUT2D eigenvalue weighted by molar-refractivity contribution is -0.130. The SMILES string of the molecule is O=C(CSc1nnc([C@@H]2COc3ccccc3O2)n1-c1ccccc1)N1CCN(Cc2ccccc2)CC1. The number of rotatable bonds is 7. The van der Waals surface area contributed by atoms with E-state index in [1.165, 1.54) is 17.3 Å². The Balaban J connectivity index is 1.12. The van der Waals surface area contributed by atoms with E-state index in [1.807, 2.05) is 70.1 Å². The maximum atomic E-state index is 13.1. The fraction of sp³-hybridized carbons (Fsp3) is 0.276. The highest BCUT2D eigenvalue weighted by Crippen LogP contribution is 2.37. The van der Waals surface area contributed by atoms with Gasteiger partial charge in [0.1, 0.15) is 6.61 Å². The van der Waals surface area contributed by atoms with Gasteiger partial charge in [-0.05, 0) is 29.8 Å². The van der Waals surface area contributed by atoms with E-state index in [9.17, 15) is 4.79 Å². The summed E-state index contributed by atoms with van der Waals surface area (Å²) >= 11 is 1.41. The van der Waals surface area contributed by atoms with E-state index in [1.54, 1.807) is 0 Å². The normalized spacial score (nSPS) is 17.4. The summed E-state index contributed by atoms with van der Waals surface area (Å²) in [6, 6.07) is 28.0. The second-order valence-electron chi connectivity index (χ2n) is 9.31. The van der Waals surface area contributed by atoms with E-state index in [2.05, 4.69) is 39.4 Å². The number of carbonyl (C=O) groups is 1. The Bertz CT molecular complexity index is 1370. The molecule has 3 aromatic carbocycles. The molecule has 8 nitrogen and oxygen atoms in total. The van der Waals surface area contributed by atoms with Gasteiger partial charge in [-0.3, -0.25) is 14.3 Å². The summed E-state index contributed by atoms with van der Waals surface area (Å²) in [7, 11) is 0. The summed E-state index contributed by atoms with van der Waals surface area (Å²) in [6.07, 6.45) is -0.416. The highest BCUT2D eigenvalue weighted by Gasteiger charge is 2.30. The monoisotopic (exact) mass is 527 g/mol. The first kappa shape index (κ1) is 24.5. The molecule has 38 heavy (non-hydrogen) atoms. The third-order valence-electron chi connectivity index (χ3n) is 6.77. The zero-order valence-corrected chi connectivity index (χ0v) is 21.8. The Morgan fingerprint density at radius 1 is 0.842 bits per heavy atom. The van der Waals surface area contributed by atoms with Crippen LogP contribution in [0.1, 0.15) is 17.5 Å². The van der Waals surface area contributed by atoms with E-state index in [0.717, 1.165) is 44.2 Å². The number of aromatic nitrogens is 3. The van der Waals surface area contributed by atoms with Crippen molar-refractivity contribution in [3.05, 3.63) is 96.3 Å². The fourth-order valence-electron chi connectivity index (χ4n) is 4.76. The van der Waals surface area contributed by atoms with Gasteiger partial charge in [0.2, 0.25) is 5.91 Å². The summed E-state index contributed by atoms with van der Waals surface area (Å²) in [4.78, 5) is 17.5. The van der Waals surface area contributed by atoms with Gasteiger partial charge in [0.25, 0.3) is 0 Å². The fourth-order valence-corrected chi connectivity index (χ4v) is 5.63. The Kier molecular flexibility index (Phi) is 7.28. The molecule has 0 unspecified atom stereocenters. The second-order valence-corrected chi connectivity index (χ2v) is 10.2. The van der Waals surface area contributed by atoms with Crippen LogP contribution in [-0.2, 0) is 11.3 Å². The molecule has 0 aliphatic carbocycles. The summed E-state index contributed by atoms with van der Waals surface area (Å²) in [5.74, 6) is 2.47. The quantitative estimate of drug-likeness (QED) is 0.333. The van der Waals surface area contributed by atoms with Gasteiger partial charge < -0.3 is 14.4 Å². The number of para-hydroxylation sites is 3. The maximum absolute atomic E-state index is 13.1. The number of amides is 1. The van der Waals surface area contributed by atoms with Crippen LogP contribution >= 0.6 is 11.8 Å². The van der Waals surface area contributed by atoms with Crippen molar-refractivity contribution in [2.45, 2.75) is 17.8 Å². The number of benzene rings is 3. The number of piperazine rings is 1. The zero-order chi connectivity index (χ0) is 25.7. The first-order valence-electron chi connectivity index (χ1n) is 12.8. The number of hydrogen-bond acceptors (Lipinski definition) is 7. The van der Waals surface area contributed by atoms with Crippen LogP contribution in [0.3, 0.4) is 0 Å². The topological polar surface area (TPSA) is 72.7 Å². The van der Waals surface area contributed by atoms with Crippen molar-refractivity contribution >= 4 is 17.7 Å². The molecule has 2 aliphatic rings. The van der Waals surface area contributed by atoms with Crippen molar-refractivity contribution < 1.29 is 14.3 Å². The second kappa shape index (κ2) is 11.3. The van der Waals surface area contributed by atoms with Crippen LogP contribution in [0.5, 0.6) is 11.5 Å². The van der Waals surface area contributed by atoms with E-state index < -0.39 is 6.10 Å². The minimum Gasteiger partial charge on any atom is -0.485 e. The molecule has 9 heteroatoms. The molecule has 0 spiro atoms. The summed E-state index contributed by atoms with van der Waals surface area (Å²) < 4.78 is 14.1. The van der Waals surface area contributed by atoms with E-state index in [4.69, 9.17) is 9.47 Å². The summed E-state index contributed by atoms with van der Waals surface area (Å²) in [5, 5.41) is 9.60. The van der Waals surface area contributed by atoms with Crippen molar-refractivity contribution in [1.29, 1.82) is 0 Å². The predicted molar refractivity (Wildman–Crippen MR) is 146 cm³/mol. The van der Waals surface area contributed by atoms with E-state index in [0.29, 0.717) is 29.1 Å². The molecule has 3 heterocycles. The molecule has 1 aromatic heterocycles. The smallest absolute Gasteiger partial charge is 0.233 e. The Morgan fingerprint density at radius 2 is 1.53 bits per heavy atom. The van der Waals surface area contributed by atoms with E-state index in [-0.39, 0.29) is 5.91 Å². The number of carbonyl (C=O) groups excluding carboxylic acids is 1. The third kappa shape index (κ3) is 5.39. The standard InChI is InChI=1S/C29H29N5O3S/c35-27(33-17-15-32(16-18-33)19-22-9-3-1-4-10-22)21-38-29-31-30-28(34(29)23-11-5-2-6-12-23)26-20-36-24-13-7-8-14-25(24)37-26/h1-14,26H,15-21H2/t26-/m0/s1. The minimum absolute atomic E-state index is 0.115. The lowest BCUT2D eigenvalue weighted by atomic mass is 10.2. The zero-order valence-electron chi connectivity index (χ0n) is 21.0. The molecule has 194 valence electrons. The van der Waals surface area contributed by atoms with Crippen LogP contribution in [0.2, 0.25) is 0 Å². The van der Waals surface area contributed by atoms with Gasteiger partial charge in [0.05, 0.1) is 5.75 Å². The molecule has 2 aliphatic heterocycles. The molecule has 0 radical (unpaired) electrons. The van der Waals surface area contributed by atoms with Gasteiger partial charge in [-0.2, -0.15) is 0 Å². The van der Waals surface area contributed by atoms with Crippen LogP contribution in [-0.4, -0.2) is 69.0 Å². The maximum Gasteiger partial charge on any atom is 0.233 e.